The van der Waals surface area contributed by atoms with E-state index in [0.29, 0.717) is 6.10 Å². The second-order valence-electron chi connectivity index (χ2n) is 5.83. The van der Waals surface area contributed by atoms with Crippen LogP contribution in [0.4, 0.5) is 0 Å². The molecule has 16 heavy (non-hydrogen) atoms. The average Bonchev–Trinajstić information content (AvgIpc) is 2.12. The minimum absolute atomic E-state index is 0.0183. The van der Waals surface area contributed by atoms with Gasteiger partial charge in [-0.3, -0.25) is 4.90 Å². The first-order chi connectivity index (χ1) is 7.43. The molecule has 0 bridgehead atoms. The third-order valence-corrected chi connectivity index (χ3v) is 3.46. The topological polar surface area (TPSA) is 12.5 Å². The molecule has 2 nitrogen and oxygen atoms in total. The van der Waals surface area contributed by atoms with Gasteiger partial charge in [0.25, 0.3) is 0 Å². The maximum Gasteiger partial charge on any atom is 0.0757 e. The van der Waals surface area contributed by atoms with Crippen LogP contribution in [0.25, 0.3) is 0 Å². The van der Waals surface area contributed by atoms with Gasteiger partial charge in [0.15, 0.2) is 0 Å². The van der Waals surface area contributed by atoms with Crippen molar-refractivity contribution in [3.05, 3.63) is 0 Å². The molecule has 0 radical (unpaired) electrons. The Morgan fingerprint density at radius 2 is 2.12 bits per heavy atom. The molecule has 0 spiro atoms. The van der Waals surface area contributed by atoms with Gasteiger partial charge in [-0.1, -0.05) is 6.92 Å². The summed E-state index contributed by atoms with van der Waals surface area (Å²) < 4.78 is 5.90. The number of morpholine rings is 1. The standard InChI is InChI=1S/C13H27NOS/c1-11(6-8-16)5-7-14-9-12(2)15-13(3,4)10-14/h11-12,16H,5-10H2,1-4H3. The Balaban J connectivity index is 2.31. The van der Waals surface area contributed by atoms with Crippen LogP contribution in [0, 0.1) is 5.92 Å². The molecule has 1 rings (SSSR count). The van der Waals surface area contributed by atoms with Crippen molar-refractivity contribution in [2.24, 2.45) is 5.92 Å². The molecule has 1 saturated heterocycles. The quantitative estimate of drug-likeness (QED) is 0.748. The minimum Gasteiger partial charge on any atom is -0.370 e. The van der Waals surface area contributed by atoms with Gasteiger partial charge in [-0.25, -0.2) is 0 Å². The lowest BCUT2D eigenvalue weighted by Gasteiger charge is -2.42. The maximum atomic E-state index is 5.90. The van der Waals surface area contributed by atoms with Gasteiger partial charge in [0.2, 0.25) is 0 Å². The van der Waals surface area contributed by atoms with Gasteiger partial charge in [-0.05, 0) is 51.8 Å². The van der Waals surface area contributed by atoms with Crippen molar-refractivity contribution in [3.63, 3.8) is 0 Å². The smallest absolute Gasteiger partial charge is 0.0757 e. The van der Waals surface area contributed by atoms with Crippen LogP contribution < -0.4 is 0 Å². The first-order valence-electron chi connectivity index (χ1n) is 6.44. The van der Waals surface area contributed by atoms with Gasteiger partial charge < -0.3 is 4.74 Å². The van der Waals surface area contributed by atoms with Crippen LogP contribution in [0.1, 0.15) is 40.5 Å². The van der Waals surface area contributed by atoms with E-state index >= 15 is 0 Å². The third kappa shape index (κ3) is 5.07. The second-order valence-corrected chi connectivity index (χ2v) is 6.28. The molecule has 96 valence electrons. The summed E-state index contributed by atoms with van der Waals surface area (Å²) >= 11 is 4.29. The lowest BCUT2D eigenvalue weighted by molar-refractivity contribution is -0.129. The summed E-state index contributed by atoms with van der Waals surface area (Å²) in [6, 6.07) is 0. The molecule has 1 fully saturated rings. The number of nitrogens with zero attached hydrogens (tertiary/aromatic N) is 1. The van der Waals surface area contributed by atoms with Crippen LogP contribution in [-0.2, 0) is 4.74 Å². The monoisotopic (exact) mass is 245 g/mol. The molecule has 0 aliphatic carbocycles. The van der Waals surface area contributed by atoms with Crippen LogP contribution in [0.15, 0.2) is 0 Å². The van der Waals surface area contributed by atoms with Gasteiger partial charge in [0, 0.05) is 13.1 Å². The SMILES string of the molecule is CC(CCS)CCN1CC(C)OC(C)(C)C1. The van der Waals surface area contributed by atoms with E-state index in [0.717, 1.165) is 24.8 Å². The van der Waals surface area contributed by atoms with Gasteiger partial charge >= 0.3 is 0 Å². The fourth-order valence-electron chi connectivity index (χ4n) is 2.52. The molecule has 2 atom stereocenters. The lowest BCUT2D eigenvalue weighted by Crippen LogP contribution is -2.52. The minimum atomic E-state index is 0.0183. The summed E-state index contributed by atoms with van der Waals surface area (Å²) in [7, 11) is 0. The summed E-state index contributed by atoms with van der Waals surface area (Å²) in [4.78, 5) is 2.54. The third-order valence-electron chi connectivity index (χ3n) is 3.20. The van der Waals surface area contributed by atoms with Crippen molar-refractivity contribution in [1.29, 1.82) is 0 Å². The highest BCUT2D eigenvalue weighted by Gasteiger charge is 2.30. The van der Waals surface area contributed by atoms with Crippen molar-refractivity contribution < 1.29 is 4.74 Å². The fourth-order valence-corrected chi connectivity index (χ4v) is 2.96. The molecule has 3 heteroatoms. The molecule has 0 saturated carbocycles. The molecule has 0 aromatic rings. The zero-order valence-corrected chi connectivity index (χ0v) is 12.1. The van der Waals surface area contributed by atoms with E-state index < -0.39 is 0 Å². The molecule has 0 N–H and O–H groups in total. The summed E-state index contributed by atoms with van der Waals surface area (Å²) in [5.74, 6) is 1.80. The molecule has 1 heterocycles. The van der Waals surface area contributed by atoms with E-state index in [1.165, 1.54) is 19.4 Å². The molecule has 2 unspecified atom stereocenters. The lowest BCUT2D eigenvalue weighted by atomic mass is 10.0. The number of ether oxygens (including phenoxy) is 1. The van der Waals surface area contributed by atoms with Gasteiger partial charge in [-0.2, -0.15) is 12.6 Å². The predicted octanol–water partition coefficient (Wildman–Crippen LogP) is 2.83. The van der Waals surface area contributed by atoms with Crippen molar-refractivity contribution in [2.75, 3.05) is 25.4 Å². The number of hydrogen-bond acceptors (Lipinski definition) is 3. The van der Waals surface area contributed by atoms with E-state index in [9.17, 15) is 0 Å². The van der Waals surface area contributed by atoms with Crippen LogP contribution in [0.2, 0.25) is 0 Å². The summed E-state index contributed by atoms with van der Waals surface area (Å²) in [5.41, 5.74) is 0.0183. The highest BCUT2D eigenvalue weighted by molar-refractivity contribution is 7.80. The van der Waals surface area contributed by atoms with Crippen LogP contribution in [-0.4, -0.2) is 42.0 Å². The van der Waals surface area contributed by atoms with E-state index in [-0.39, 0.29) is 5.60 Å². The Labute approximate surface area is 106 Å². The molecule has 1 aliphatic heterocycles. The largest absolute Gasteiger partial charge is 0.370 e. The Bertz CT molecular complexity index is 208. The highest BCUT2D eigenvalue weighted by Crippen LogP contribution is 2.21. The fraction of sp³-hybridized carbons (Fsp3) is 1.00. The van der Waals surface area contributed by atoms with Crippen molar-refractivity contribution >= 4 is 12.6 Å². The highest BCUT2D eigenvalue weighted by atomic mass is 32.1. The molecule has 0 amide bonds. The van der Waals surface area contributed by atoms with Crippen molar-refractivity contribution in [1.82, 2.24) is 4.90 Å². The molecular weight excluding hydrogens is 218 g/mol. The Morgan fingerprint density at radius 3 is 2.69 bits per heavy atom. The Morgan fingerprint density at radius 1 is 1.44 bits per heavy atom. The van der Waals surface area contributed by atoms with E-state index in [4.69, 9.17) is 4.74 Å². The normalized spacial score (nSPS) is 27.9. The Hall–Kier alpha value is 0.270. The zero-order valence-electron chi connectivity index (χ0n) is 11.2. The van der Waals surface area contributed by atoms with Gasteiger partial charge in [0.05, 0.1) is 11.7 Å². The molecule has 0 aromatic heterocycles. The predicted molar refractivity (Wildman–Crippen MR) is 73.3 cm³/mol. The summed E-state index contributed by atoms with van der Waals surface area (Å²) in [6.45, 7) is 12.2. The van der Waals surface area contributed by atoms with E-state index in [2.05, 4.69) is 45.2 Å². The van der Waals surface area contributed by atoms with Crippen LogP contribution in [0.5, 0.6) is 0 Å². The zero-order chi connectivity index (χ0) is 12.2. The first-order valence-corrected chi connectivity index (χ1v) is 7.07. The second kappa shape index (κ2) is 6.27. The maximum absolute atomic E-state index is 5.90. The summed E-state index contributed by atoms with van der Waals surface area (Å²) in [6.07, 6.45) is 2.87. The van der Waals surface area contributed by atoms with Crippen molar-refractivity contribution in [3.8, 4) is 0 Å². The number of rotatable bonds is 5. The Kier molecular flexibility index (Phi) is 5.62. The van der Waals surface area contributed by atoms with Crippen LogP contribution in [0.3, 0.4) is 0 Å². The molecule has 0 aromatic carbocycles. The number of hydrogen-bond donors (Lipinski definition) is 1. The first kappa shape index (κ1) is 14.3. The van der Waals surface area contributed by atoms with E-state index in [1.54, 1.807) is 0 Å². The number of thiol groups is 1. The van der Waals surface area contributed by atoms with Crippen LogP contribution >= 0.6 is 12.6 Å². The van der Waals surface area contributed by atoms with E-state index in [1.807, 2.05) is 0 Å². The van der Waals surface area contributed by atoms with Crippen molar-refractivity contribution in [2.45, 2.75) is 52.2 Å². The van der Waals surface area contributed by atoms with Gasteiger partial charge in [0.1, 0.15) is 0 Å². The average molecular weight is 245 g/mol. The summed E-state index contributed by atoms with van der Waals surface area (Å²) in [5, 5.41) is 0. The van der Waals surface area contributed by atoms with Gasteiger partial charge in [-0.15, -0.1) is 0 Å². The molecule has 1 aliphatic rings. The molecular formula is C13H27NOS.